The van der Waals surface area contributed by atoms with Gasteiger partial charge < -0.3 is 25.0 Å². The fourth-order valence-electron chi connectivity index (χ4n) is 7.70. The molecule has 3 aliphatic rings. The number of anilines is 1. The highest BCUT2D eigenvalue weighted by Gasteiger charge is 2.62. The predicted molar refractivity (Wildman–Crippen MR) is 234 cm³/mol. The zero-order chi connectivity index (χ0) is 45.3. The van der Waals surface area contributed by atoms with E-state index in [1.54, 1.807) is 32.9 Å². The van der Waals surface area contributed by atoms with Crippen LogP contribution in [0.1, 0.15) is 121 Å². The third-order valence-corrected chi connectivity index (χ3v) is 13.3. The second-order valence-corrected chi connectivity index (χ2v) is 20.7. The van der Waals surface area contributed by atoms with Crippen molar-refractivity contribution >= 4 is 67.4 Å². The van der Waals surface area contributed by atoms with Gasteiger partial charge in [-0.15, -0.1) is 11.3 Å². The summed E-state index contributed by atoms with van der Waals surface area (Å²) in [5, 5.41) is 10.8. The van der Waals surface area contributed by atoms with Crippen LogP contribution in [0.25, 0.3) is 11.0 Å². The van der Waals surface area contributed by atoms with Gasteiger partial charge in [-0.25, -0.2) is 14.5 Å². The smallest absolute Gasteiger partial charge is 0.408 e. The number of rotatable bonds is 10. The first-order valence-electron chi connectivity index (χ1n) is 21.1. The summed E-state index contributed by atoms with van der Waals surface area (Å²) < 4.78 is 42.5. The number of nitrogens with one attached hydrogen (secondary N) is 4. The molecule has 4 heterocycles. The summed E-state index contributed by atoms with van der Waals surface area (Å²) in [5.41, 5.74) is -0.274. The van der Waals surface area contributed by atoms with Gasteiger partial charge in [-0.05, 0) is 78.4 Å². The van der Waals surface area contributed by atoms with Gasteiger partial charge in [0.25, 0.3) is 17.8 Å². The Morgan fingerprint density at radius 3 is 2.47 bits per heavy atom. The normalized spacial score (nSPS) is 24.2. The quantitative estimate of drug-likeness (QED) is 0.198. The fourth-order valence-corrected chi connectivity index (χ4v) is 9.16. The van der Waals surface area contributed by atoms with E-state index in [1.165, 1.54) is 30.3 Å². The number of imidazole rings is 1. The van der Waals surface area contributed by atoms with Crippen molar-refractivity contribution in [2.24, 2.45) is 5.92 Å². The molecule has 0 bridgehead atoms. The monoisotopic (exact) mass is 897 g/mol. The van der Waals surface area contributed by atoms with E-state index < -0.39 is 75.2 Å². The number of thiazole rings is 1. The SMILES string of the molecule is CC(C)c1csc(NC(=O)c2cccc3c2nc(O[C@@H]2C[C@H]4C(=O)N[C@]5(C(=O)NS(=O)(=O)N(C)C)C[C@H]5/C=C\CCCCC[C@H](NC(=O)OC(C)(C)C)C(=O)N4C2)n3C(C)C)n1. The molecule has 5 atom stereocenters. The summed E-state index contributed by atoms with van der Waals surface area (Å²) in [4.78, 5) is 80.5. The van der Waals surface area contributed by atoms with E-state index in [1.807, 2.05) is 55.9 Å². The predicted octanol–water partition coefficient (Wildman–Crippen LogP) is 5.01. The Morgan fingerprint density at radius 2 is 1.81 bits per heavy atom. The van der Waals surface area contributed by atoms with Crippen molar-refractivity contribution in [2.75, 3.05) is 26.0 Å². The lowest BCUT2D eigenvalue weighted by Gasteiger charge is -2.30. The van der Waals surface area contributed by atoms with Crippen molar-refractivity contribution < 1.29 is 41.9 Å². The highest BCUT2D eigenvalue weighted by molar-refractivity contribution is 7.87. The number of para-hydroxylation sites is 1. The molecular weight excluding hydrogens is 839 g/mol. The molecule has 1 aliphatic carbocycles. The molecule has 338 valence electrons. The second kappa shape index (κ2) is 18.3. The number of fused-ring (bicyclic) bond motifs is 3. The number of carbonyl (C=O) groups is 5. The lowest BCUT2D eigenvalue weighted by Crippen LogP contribution is -2.58. The number of hydrogen-bond donors (Lipinski definition) is 4. The van der Waals surface area contributed by atoms with Crippen molar-refractivity contribution in [3.63, 3.8) is 0 Å². The molecule has 62 heavy (non-hydrogen) atoms. The summed E-state index contributed by atoms with van der Waals surface area (Å²) >= 11 is 1.33. The molecule has 2 fully saturated rings. The van der Waals surface area contributed by atoms with Crippen LogP contribution in [0.5, 0.6) is 6.01 Å². The molecule has 4 N–H and O–H groups in total. The van der Waals surface area contributed by atoms with Gasteiger partial charge in [0.1, 0.15) is 34.8 Å². The van der Waals surface area contributed by atoms with Crippen molar-refractivity contribution in [2.45, 2.75) is 135 Å². The van der Waals surface area contributed by atoms with Gasteiger partial charge in [0.2, 0.25) is 11.8 Å². The zero-order valence-corrected chi connectivity index (χ0v) is 38.4. The number of alkyl carbamates (subject to hydrolysis) is 1. The molecular formula is C42H59N9O9S2. The van der Waals surface area contributed by atoms with E-state index in [0.717, 1.165) is 22.8 Å². The number of carbonyl (C=O) groups excluding carboxylic acids is 5. The van der Waals surface area contributed by atoms with E-state index in [9.17, 15) is 32.4 Å². The number of nitrogens with zero attached hydrogens (tertiary/aromatic N) is 5. The van der Waals surface area contributed by atoms with Crippen LogP contribution in [0.15, 0.2) is 35.7 Å². The van der Waals surface area contributed by atoms with Crippen LogP contribution in [0.4, 0.5) is 9.93 Å². The molecule has 5 amide bonds. The highest BCUT2D eigenvalue weighted by atomic mass is 32.2. The van der Waals surface area contributed by atoms with E-state index in [0.29, 0.717) is 34.6 Å². The Morgan fingerprint density at radius 1 is 1.06 bits per heavy atom. The largest absolute Gasteiger partial charge is 0.459 e. The van der Waals surface area contributed by atoms with Gasteiger partial charge in [-0.3, -0.25) is 29.1 Å². The van der Waals surface area contributed by atoms with Gasteiger partial charge in [-0.2, -0.15) is 17.7 Å². The van der Waals surface area contributed by atoms with Crippen LogP contribution >= 0.6 is 11.3 Å². The Bertz CT molecular complexity index is 2330. The summed E-state index contributed by atoms with van der Waals surface area (Å²) in [5.74, 6) is -2.84. The first kappa shape index (κ1) is 46.4. The Labute approximate surface area is 366 Å². The minimum absolute atomic E-state index is 0.0399. The van der Waals surface area contributed by atoms with E-state index >= 15 is 0 Å². The highest BCUT2D eigenvalue weighted by Crippen LogP contribution is 2.46. The number of ether oxygens (including phenoxy) is 2. The molecule has 6 rings (SSSR count). The van der Waals surface area contributed by atoms with Crippen LogP contribution in [-0.4, -0.2) is 112 Å². The maximum atomic E-state index is 14.7. The van der Waals surface area contributed by atoms with Gasteiger partial charge in [0.15, 0.2) is 5.13 Å². The maximum absolute atomic E-state index is 14.7. The summed E-state index contributed by atoms with van der Waals surface area (Å²) in [6, 6.07) is 2.95. The lowest BCUT2D eigenvalue weighted by molar-refractivity contribution is -0.141. The van der Waals surface area contributed by atoms with Crippen molar-refractivity contribution in [3.05, 3.63) is 47.0 Å². The zero-order valence-electron chi connectivity index (χ0n) is 36.8. The van der Waals surface area contributed by atoms with Crippen LogP contribution in [0.2, 0.25) is 0 Å². The molecule has 0 radical (unpaired) electrons. The third-order valence-electron chi connectivity index (χ3n) is 11.1. The molecule has 20 heteroatoms. The standard InChI is InChI=1S/C42H59N9O9S2/c1-24(2)30-23-61-38(43-30)46-34(52)28-17-15-19-31-33(28)45-39(51(31)25(3)4)59-27-20-32-35(53)47-42(37(55)48-62(57,58)49(8)9)21-26(42)16-13-11-10-12-14-18-29(36(54)50(32)22-27)44-40(56)60-41(5,6)7/h13,15-17,19,23-27,29,32H,10-12,14,18,20-22H2,1-9H3,(H,44,56)(H,47,53)(H,48,55)(H,43,46,52)/b16-13-/t26-,27-,29+,32+,42-/m1/s1. The van der Waals surface area contributed by atoms with E-state index in [2.05, 4.69) is 25.7 Å². The number of aromatic nitrogens is 3. The van der Waals surface area contributed by atoms with Crippen LogP contribution in [0.3, 0.4) is 0 Å². The van der Waals surface area contributed by atoms with Gasteiger partial charge >= 0.3 is 16.3 Å². The molecule has 2 aromatic heterocycles. The minimum Gasteiger partial charge on any atom is -0.459 e. The fraction of sp³-hybridized carbons (Fsp3) is 0.595. The molecule has 1 saturated carbocycles. The number of allylic oxidation sites excluding steroid dienone is 1. The van der Waals surface area contributed by atoms with Crippen molar-refractivity contribution in [3.8, 4) is 6.01 Å². The van der Waals surface area contributed by atoms with Crippen LogP contribution in [-0.2, 0) is 29.3 Å². The van der Waals surface area contributed by atoms with Gasteiger partial charge in [0, 0.05) is 37.9 Å². The first-order chi connectivity index (χ1) is 29.1. The molecule has 2 aliphatic heterocycles. The summed E-state index contributed by atoms with van der Waals surface area (Å²) in [7, 11) is -1.64. The van der Waals surface area contributed by atoms with E-state index in [4.69, 9.17) is 14.5 Å². The molecule has 3 aromatic rings. The topological polar surface area (TPSA) is 223 Å². The second-order valence-electron chi connectivity index (χ2n) is 18.0. The average molecular weight is 898 g/mol. The average Bonchev–Trinajstić information content (AvgIpc) is 3.50. The molecule has 1 aromatic carbocycles. The summed E-state index contributed by atoms with van der Waals surface area (Å²) in [6.45, 7) is 13.0. The lowest BCUT2D eigenvalue weighted by atomic mass is 10.0. The van der Waals surface area contributed by atoms with Crippen molar-refractivity contribution in [1.82, 2.24) is 39.1 Å². The Kier molecular flexibility index (Phi) is 13.7. The number of benzene rings is 1. The Balaban J connectivity index is 1.34. The maximum Gasteiger partial charge on any atom is 0.408 e. The third kappa shape index (κ3) is 10.4. The molecule has 1 saturated heterocycles. The molecule has 0 spiro atoms. The van der Waals surface area contributed by atoms with Crippen LogP contribution in [0, 0.1) is 5.92 Å². The van der Waals surface area contributed by atoms with Crippen LogP contribution < -0.4 is 25.4 Å². The van der Waals surface area contributed by atoms with Gasteiger partial charge in [0.05, 0.1) is 23.3 Å². The minimum atomic E-state index is -4.21. The van der Waals surface area contributed by atoms with Gasteiger partial charge in [-0.1, -0.05) is 44.9 Å². The summed E-state index contributed by atoms with van der Waals surface area (Å²) in [6.07, 6.45) is 5.21. The van der Waals surface area contributed by atoms with Crippen molar-refractivity contribution in [1.29, 1.82) is 0 Å². The number of amides is 5. The molecule has 18 nitrogen and oxygen atoms in total. The number of hydrogen-bond acceptors (Lipinski definition) is 12. The Hall–Kier alpha value is -5.08. The van der Waals surface area contributed by atoms with E-state index in [-0.39, 0.29) is 43.8 Å². The molecule has 0 unspecified atom stereocenters. The first-order valence-corrected chi connectivity index (χ1v) is 23.4.